The lowest BCUT2D eigenvalue weighted by Gasteiger charge is -2.02. The largest absolute Gasteiger partial charge is 0.366 e. The van der Waals surface area contributed by atoms with Crippen LogP contribution in [0.15, 0.2) is 11.6 Å². The van der Waals surface area contributed by atoms with Crippen LogP contribution in [0.5, 0.6) is 0 Å². The third-order valence-electron chi connectivity index (χ3n) is 0.711. The Labute approximate surface area is 81.6 Å². The van der Waals surface area contributed by atoms with E-state index in [-0.39, 0.29) is 0 Å². The van der Waals surface area contributed by atoms with Crippen LogP contribution < -0.4 is 5.32 Å². The summed E-state index contributed by atoms with van der Waals surface area (Å²) in [5, 5.41) is 3.42. The zero-order valence-electron chi connectivity index (χ0n) is 5.89. The Balaban J connectivity index is 3.39. The topological polar surface area (TPSA) is 12.0 Å². The second kappa shape index (κ2) is 6.53. The summed E-state index contributed by atoms with van der Waals surface area (Å²) in [5.41, 5.74) is 0. The first-order chi connectivity index (χ1) is 5.16. The maximum absolute atomic E-state index is 5.49. The Morgan fingerprint density at radius 3 is 2.91 bits per heavy atom. The van der Waals surface area contributed by atoms with Crippen molar-refractivity contribution in [3.8, 4) is 12.3 Å². The van der Waals surface area contributed by atoms with Gasteiger partial charge in [0.25, 0.3) is 0 Å². The molecular weight excluding hydrogens is 198 g/mol. The van der Waals surface area contributed by atoms with Gasteiger partial charge in [0, 0.05) is 5.03 Å². The van der Waals surface area contributed by atoms with Crippen LogP contribution in [0.1, 0.15) is 0 Å². The van der Waals surface area contributed by atoms with Crippen molar-refractivity contribution in [3.63, 3.8) is 0 Å². The van der Waals surface area contributed by atoms with Gasteiger partial charge in [0.2, 0.25) is 0 Å². The molecule has 1 N–H and O–H groups in total. The monoisotopic (exact) mass is 205 g/mol. The number of terminal acetylenes is 1. The summed E-state index contributed by atoms with van der Waals surface area (Å²) in [5.74, 6) is 3.05. The highest BCUT2D eigenvalue weighted by Gasteiger charge is 1.94. The Morgan fingerprint density at radius 2 is 2.45 bits per heavy atom. The van der Waals surface area contributed by atoms with E-state index in [4.69, 9.17) is 30.2 Å². The molecule has 0 aromatic heterocycles. The molecule has 1 nitrogen and oxygen atoms in total. The normalized spacial score (nSPS) is 8.36. The van der Waals surface area contributed by atoms with E-state index in [0.717, 1.165) is 0 Å². The van der Waals surface area contributed by atoms with Gasteiger partial charge in [0.05, 0.1) is 12.3 Å². The smallest absolute Gasteiger partial charge is 0.135 e. The molecule has 0 radical (unpaired) electrons. The molecule has 0 aromatic carbocycles. The summed E-state index contributed by atoms with van der Waals surface area (Å²) >= 11 is 11.8. The standard InChI is InChI=1S/C7H8ClNS2/c1-3-4-11-7(10)9-5-6(2)8/h1H,2,4-5H2,(H,9,10). The molecule has 0 aromatic rings. The molecular formula is C7H8ClNS2. The molecule has 0 fully saturated rings. The van der Waals surface area contributed by atoms with E-state index < -0.39 is 0 Å². The molecule has 0 amide bonds. The van der Waals surface area contributed by atoms with Crippen molar-refractivity contribution >= 4 is 39.9 Å². The molecule has 0 heterocycles. The van der Waals surface area contributed by atoms with Crippen LogP contribution in [0, 0.1) is 12.3 Å². The van der Waals surface area contributed by atoms with E-state index in [0.29, 0.717) is 21.7 Å². The highest BCUT2D eigenvalue weighted by atomic mass is 35.5. The van der Waals surface area contributed by atoms with Gasteiger partial charge < -0.3 is 5.32 Å². The summed E-state index contributed by atoms with van der Waals surface area (Å²) in [6.07, 6.45) is 5.03. The highest BCUT2D eigenvalue weighted by molar-refractivity contribution is 8.23. The van der Waals surface area contributed by atoms with Crippen LogP contribution in [-0.2, 0) is 0 Å². The van der Waals surface area contributed by atoms with Crippen molar-refractivity contribution in [2.24, 2.45) is 0 Å². The van der Waals surface area contributed by atoms with E-state index in [1.165, 1.54) is 11.8 Å². The van der Waals surface area contributed by atoms with Crippen molar-refractivity contribution in [2.75, 3.05) is 12.3 Å². The van der Waals surface area contributed by atoms with Crippen LogP contribution in [0.3, 0.4) is 0 Å². The average Bonchev–Trinajstić information content (AvgIpc) is 1.97. The molecule has 4 heteroatoms. The van der Waals surface area contributed by atoms with E-state index in [1.807, 2.05) is 0 Å². The minimum atomic E-state index is 0.498. The fraction of sp³-hybridized carbons (Fsp3) is 0.286. The number of thiocarbonyl (C=S) groups is 1. The first-order valence-corrected chi connectivity index (χ1v) is 4.61. The summed E-state index contributed by atoms with van der Waals surface area (Å²) in [7, 11) is 0. The van der Waals surface area contributed by atoms with Crippen molar-refractivity contribution in [2.45, 2.75) is 0 Å². The van der Waals surface area contributed by atoms with Gasteiger partial charge in [-0.1, -0.05) is 48.1 Å². The quantitative estimate of drug-likeness (QED) is 0.559. The second-order valence-electron chi connectivity index (χ2n) is 1.65. The Morgan fingerprint density at radius 1 is 1.82 bits per heavy atom. The molecule has 0 bridgehead atoms. The van der Waals surface area contributed by atoms with Crippen LogP contribution in [0.4, 0.5) is 0 Å². The van der Waals surface area contributed by atoms with Gasteiger partial charge >= 0.3 is 0 Å². The number of nitrogens with one attached hydrogen (secondary N) is 1. The third-order valence-corrected chi connectivity index (χ3v) is 2.06. The summed E-state index contributed by atoms with van der Waals surface area (Å²) < 4.78 is 0.657. The molecule has 0 unspecified atom stereocenters. The van der Waals surface area contributed by atoms with Crippen LogP contribution >= 0.6 is 35.6 Å². The number of rotatable bonds is 3. The fourth-order valence-corrected chi connectivity index (χ4v) is 1.03. The van der Waals surface area contributed by atoms with Gasteiger partial charge in [-0.25, -0.2) is 0 Å². The van der Waals surface area contributed by atoms with Gasteiger partial charge in [-0.05, 0) is 0 Å². The lowest BCUT2D eigenvalue weighted by atomic mass is 10.6. The van der Waals surface area contributed by atoms with Crippen molar-refractivity contribution in [3.05, 3.63) is 11.6 Å². The lowest BCUT2D eigenvalue weighted by molar-refractivity contribution is 1.07. The molecule has 0 atom stereocenters. The minimum absolute atomic E-state index is 0.498. The summed E-state index contributed by atoms with van der Waals surface area (Å²) in [4.78, 5) is 0. The molecule has 60 valence electrons. The van der Waals surface area contributed by atoms with Crippen LogP contribution in [0.25, 0.3) is 0 Å². The second-order valence-corrected chi connectivity index (χ2v) is 3.84. The molecule has 11 heavy (non-hydrogen) atoms. The van der Waals surface area contributed by atoms with E-state index in [1.54, 1.807) is 0 Å². The zero-order valence-corrected chi connectivity index (χ0v) is 8.28. The summed E-state index contributed by atoms with van der Waals surface area (Å²) in [6.45, 7) is 4.00. The summed E-state index contributed by atoms with van der Waals surface area (Å²) in [6, 6.07) is 0. The molecule has 0 spiro atoms. The van der Waals surface area contributed by atoms with Crippen molar-refractivity contribution in [1.82, 2.24) is 5.32 Å². The van der Waals surface area contributed by atoms with Gasteiger partial charge in [-0.2, -0.15) is 0 Å². The van der Waals surface area contributed by atoms with Gasteiger partial charge in [-0.15, -0.1) is 6.42 Å². The maximum Gasteiger partial charge on any atom is 0.135 e. The Hall–Kier alpha value is -0.170. The SMILES string of the molecule is C#CCSC(=S)NCC(=C)Cl. The number of halogens is 1. The predicted molar refractivity (Wildman–Crippen MR) is 56.9 cm³/mol. The molecule has 0 aliphatic carbocycles. The fourth-order valence-electron chi connectivity index (χ4n) is 0.326. The van der Waals surface area contributed by atoms with Gasteiger partial charge in [0.15, 0.2) is 0 Å². The molecule has 0 aliphatic rings. The number of hydrogen-bond donors (Lipinski definition) is 1. The number of thioether (sulfide) groups is 1. The van der Waals surface area contributed by atoms with E-state index in [9.17, 15) is 0 Å². The first-order valence-electron chi connectivity index (χ1n) is 2.84. The molecule has 0 aliphatic heterocycles. The van der Waals surface area contributed by atoms with Crippen LogP contribution in [-0.4, -0.2) is 16.6 Å². The number of hydrogen-bond acceptors (Lipinski definition) is 2. The third kappa shape index (κ3) is 7.73. The first kappa shape index (κ1) is 10.8. The minimum Gasteiger partial charge on any atom is -0.366 e. The van der Waals surface area contributed by atoms with Crippen LogP contribution in [0.2, 0.25) is 0 Å². The van der Waals surface area contributed by atoms with E-state index >= 15 is 0 Å². The highest BCUT2D eigenvalue weighted by Crippen LogP contribution is 2.01. The zero-order chi connectivity index (χ0) is 8.69. The predicted octanol–water partition coefficient (Wildman–Crippen LogP) is 1.98. The van der Waals surface area contributed by atoms with E-state index in [2.05, 4.69) is 17.8 Å². The Kier molecular flexibility index (Phi) is 6.43. The average molecular weight is 206 g/mol. The maximum atomic E-state index is 5.49. The molecule has 0 saturated heterocycles. The molecule has 0 rings (SSSR count). The lowest BCUT2D eigenvalue weighted by Crippen LogP contribution is -2.19. The molecule has 0 saturated carbocycles. The van der Waals surface area contributed by atoms with Crippen molar-refractivity contribution < 1.29 is 0 Å². The van der Waals surface area contributed by atoms with Crippen molar-refractivity contribution in [1.29, 1.82) is 0 Å². The van der Waals surface area contributed by atoms with Gasteiger partial charge in [-0.3, -0.25) is 0 Å². The Bertz CT molecular complexity index is 195. The van der Waals surface area contributed by atoms with Gasteiger partial charge in [0.1, 0.15) is 4.32 Å².